The van der Waals surface area contributed by atoms with Gasteiger partial charge in [-0.2, -0.15) is 0 Å². The van der Waals surface area contributed by atoms with Crippen LogP contribution in [0.25, 0.3) is 11.1 Å². The molecule has 1 aromatic carbocycles. The van der Waals surface area contributed by atoms with Crippen LogP contribution in [0.5, 0.6) is 5.75 Å². The van der Waals surface area contributed by atoms with Gasteiger partial charge in [0.15, 0.2) is 5.69 Å². The van der Waals surface area contributed by atoms with Crippen molar-refractivity contribution in [3.05, 3.63) is 64.8 Å². The third-order valence-corrected chi connectivity index (χ3v) is 5.82. The van der Waals surface area contributed by atoms with Gasteiger partial charge in [0.2, 0.25) is 5.91 Å². The Balaban J connectivity index is 1.30. The lowest BCUT2D eigenvalue weighted by Crippen LogP contribution is -2.35. The van der Waals surface area contributed by atoms with E-state index in [0.717, 1.165) is 59.4 Å². The summed E-state index contributed by atoms with van der Waals surface area (Å²) in [6, 6.07) is 7.57. The van der Waals surface area contributed by atoms with E-state index in [1.165, 1.54) is 6.20 Å². The van der Waals surface area contributed by atoms with Crippen molar-refractivity contribution in [1.82, 2.24) is 15.5 Å². The van der Waals surface area contributed by atoms with Crippen LogP contribution in [-0.4, -0.2) is 34.6 Å². The van der Waals surface area contributed by atoms with Crippen LogP contribution < -0.4 is 15.8 Å². The van der Waals surface area contributed by atoms with Crippen molar-refractivity contribution in [2.45, 2.75) is 38.2 Å². The molecule has 0 spiro atoms. The number of aryl methyl sites for hydroxylation is 1. The molecule has 5 rings (SSSR count). The van der Waals surface area contributed by atoms with Crippen molar-refractivity contribution in [3.8, 4) is 16.9 Å². The number of pyridine rings is 1. The summed E-state index contributed by atoms with van der Waals surface area (Å²) in [6.07, 6.45) is 7.37. The number of benzene rings is 1. The molecule has 2 aromatic heterocycles. The second kappa shape index (κ2) is 7.86. The summed E-state index contributed by atoms with van der Waals surface area (Å²) < 4.78 is 11.5. The maximum atomic E-state index is 12.7. The van der Waals surface area contributed by atoms with Gasteiger partial charge in [0, 0.05) is 41.9 Å². The fourth-order valence-corrected chi connectivity index (χ4v) is 4.25. The van der Waals surface area contributed by atoms with Crippen molar-refractivity contribution in [2.75, 3.05) is 6.54 Å². The second-order valence-electron chi connectivity index (χ2n) is 7.91. The lowest BCUT2D eigenvalue weighted by atomic mass is 9.96. The van der Waals surface area contributed by atoms with E-state index in [1.807, 2.05) is 18.2 Å². The van der Waals surface area contributed by atoms with Crippen molar-refractivity contribution in [1.29, 1.82) is 0 Å². The van der Waals surface area contributed by atoms with Crippen LogP contribution in [0, 0.1) is 0 Å². The molecule has 31 heavy (non-hydrogen) atoms. The molecule has 0 bridgehead atoms. The molecule has 0 saturated heterocycles. The van der Waals surface area contributed by atoms with Gasteiger partial charge in [0.25, 0.3) is 5.91 Å². The Hall–Kier alpha value is -3.68. The Morgan fingerprint density at radius 3 is 2.94 bits per heavy atom. The zero-order valence-corrected chi connectivity index (χ0v) is 16.9. The molecule has 8 nitrogen and oxygen atoms in total. The smallest absolute Gasteiger partial charge is 0.273 e. The minimum atomic E-state index is -0.529. The quantitative estimate of drug-likeness (QED) is 0.657. The highest BCUT2D eigenvalue weighted by Crippen LogP contribution is 2.38. The zero-order valence-electron chi connectivity index (χ0n) is 16.9. The average Bonchev–Trinajstić information content (AvgIpc) is 3.41. The molecular weight excluding hydrogens is 396 g/mol. The average molecular weight is 418 g/mol. The monoisotopic (exact) mass is 418 g/mol. The minimum absolute atomic E-state index is 0.199. The van der Waals surface area contributed by atoms with E-state index >= 15 is 0 Å². The molecular formula is C23H22N4O4. The highest BCUT2D eigenvalue weighted by molar-refractivity contribution is 5.94. The van der Waals surface area contributed by atoms with Crippen LogP contribution in [-0.2, 0) is 19.3 Å². The molecule has 158 valence electrons. The van der Waals surface area contributed by atoms with Gasteiger partial charge in [-0.3, -0.25) is 14.6 Å². The molecule has 2 amide bonds. The maximum Gasteiger partial charge on any atom is 0.273 e. The molecule has 1 aliphatic heterocycles. The van der Waals surface area contributed by atoms with Crippen molar-refractivity contribution < 1.29 is 18.8 Å². The Morgan fingerprint density at radius 2 is 2.06 bits per heavy atom. The summed E-state index contributed by atoms with van der Waals surface area (Å²) in [5, 5.41) is 6.92. The van der Waals surface area contributed by atoms with Crippen molar-refractivity contribution in [3.63, 3.8) is 0 Å². The van der Waals surface area contributed by atoms with E-state index in [-0.39, 0.29) is 12.0 Å². The molecule has 1 unspecified atom stereocenters. The predicted molar refractivity (Wildman–Crippen MR) is 112 cm³/mol. The number of primary amides is 1. The molecule has 0 radical (unpaired) electrons. The summed E-state index contributed by atoms with van der Waals surface area (Å²) in [5.74, 6) is 0.810. The molecule has 3 N–H and O–H groups in total. The first-order chi connectivity index (χ1) is 15.1. The van der Waals surface area contributed by atoms with E-state index in [2.05, 4.69) is 15.5 Å². The second-order valence-corrected chi connectivity index (χ2v) is 7.91. The fourth-order valence-electron chi connectivity index (χ4n) is 4.25. The third-order valence-electron chi connectivity index (χ3n) is 5.82. The predicted octanol–water partition coefficient (Wildman–Crippen LogP) is 2.45. The van der Waals surface area contributed by atoms with E-state index in [4.69, 9.17) is 15.0 Å². The summed E-state index contributed by atoms with van der Waals surface area (Å²) in [4.78, 5) is 28.3. The maximum absolute atomic E-state index is 12.7. The van der Waals surface area contributed by atoms with E-state index in [9.17, 15) is 9.59 Å². The fraction of sp³-hybridized carbons (Fsp3) is 0.304. The first kappa shape index (κ1) is 19.3. The van der Waals surface area contributed by atoms with E-state index in [1.54, 1.807) is 12.3 Å². The number of nitrogens with one attached hydrogen (secondary N) is 1. The van der Waals surface area contributed by atoms with Gasteiger partial charge in [0.05, 0.1) is 12.1 Å². The Bertz CT molecular complexity index is 1170. The highest BCUT2D eigenvalue weighted by Gasteiger charge is 2.28. The van der Waals surface area contributed by atoms with Gasteiger partial charge in [-0.25, -0.2) is 0 Å². The molecule has 2 aliphatic rings. The lowest BCUT2D eigenvalue weighted by molar-refractivity contribution is 0.0923. The third kappa shape index (κ3) is 3.65. The molecule has 8 heteroatoms. The van der Waals surface area contributed by atoms with Crippen molar-refractivity contribution in [2.24, 2.45) is 5.73 Å². The van der Waals surface area contributed by atoms with Crippen LogP contribution in [0.1, 0.15) is 50.6 Å². The van der Waals surface area contributed by atoms with Gasteiger partial charge in [-0.1, -0.05) is 23.4 Å². The van der Waals surface area contributed by atoms with E-state index < -0.39 is 5.91 Å². The SMILES string of the molecule is NC(=O)c1cncc(-c2cccc3c2OC(CNC(=O)c2noc4c2CCCC4)C3)c1. The van der Waals surface area contributed by atoms with Crippen LogP contribution in [0.3, 0.4) is 0 Å². The van der Waals surface area contributed by atoms with Gasteiger partial charge >= 0.3 is 0 Å². The zero-order chi connectivity index (χ0) is 21.4. The lowest BCUT2D eigenvalue weighted by Gasteiger charge is -2.14. The number of nitrogens with two attached hydrogens (primary N) is 1. The number of para-hydroxylation sites is 1. The standard InChI is InChI=1S/C23H22N4O4/c24-22(28)15-8-14(10-25-11-15)17-6-3-4-13-9-16(30-21(13)17)12-26-23(29)20-18-5-1-2-7-19(18)31-27-20/h3-4,6,8,10-11,16H,1-2,5,7,9,12H2,(H2,24,28)(H,26,29). The highest BCUT2D eigenvalue weighted by atomic mass is 16.5. The number of amides is 2. The Kier molecular flexibility index (Phi) is 4.89. The number of ether oxygens (including phenoxy) is 1. The Morgan fingerprint density at radius 1 is 1.19 bits per heavy atom. The normalized spacial score (nSPS) is 16.8. The number of nitrogens with zero attached hydrogens (tertiary/aromatic N) is 2. The topological polar surface area (TPSA) is 120 Å². The summed E-state index contributed by atoms with van der Waals surface area (Å²) in [7, 11) is 0. The molecule has 1 aliphatic carbocycles. The summed E-state index contributed by atoms with van der Waals surface area (Å²) in [6.45, 7) is 0.355. The summed E-state index contributed by atoms with van der Waals surface area (Å²) >= 11 is 0. The minimum Gasteiger partial charge on any atom is -0.487 e. The molecule has 0 saturated carbocycles. The number of hydrogen-bond acceptors (Lipinski definition) is 6. The van der Waals surface area contributed by atoms with Crippen LogP contribution >= 0.6 is 0 Å². The molecule has 3 aromatic rings. The number of carbonyl (C=O) groups excluding carboxylic acids is 2. The number of fused-ring (bicyclic) bond motifs is 2. The number of carbonyl (C=O) groups is 2. The number of aromatic nitrogens is 2. The van der Waals surface area contributed by atoms with Crippen molar-refractivity contribution >= 4 is 11.8 Å². The largest absolute Gasteiger partial charge is 0.487 e. The van der Waals surface area contributed by atoms with E-state index in [0.29, 0.717) is 24.2 Å². The summed E-state index contributed by atoms with van der Waals surface area (Å²) in [5.41, 5.74) is 9.69. The van der Waals surface area contributed by atoms with Crippen LogP contribution in [0.2, 0.25) is 0 Å². The first-order valence-electron chi connectivity index (χ1n) is 10.4. The van der Waals surface area contributed by atoms with Gasteiger partial charge < -0.3 is 20.3 Å². The van der Waals surface area contributed by atoms with Crippen LogP contribution in [0.4, 0.5) is 0 Å². The molecule has 1 atom stereocenters. The molecule has 0 fully saturated rings. The Labute approximate surface area is 178 Å². The molecule has 3 heterocycles. The first-order valence-corrected chi connectivity index (χ1v) is 10.4. The van der Waals surface area contributed by atoms with Gasteiger partial charge in [-0.15, -0.1) is 0 Å². The number of rotatable bonds is 5. The van der Waals surface area contributed by atoms with Crippen LogP contribution in [0.15, 0.2) is 41.2 Å². The van der Waals surface area contributed by atoms with Gasteiger partial charge in [-0.05, 0) is 30.9 Å². The van der Waals surface area contributed by atoms with Gasteiger partial charge in [0.1, 0.15) is 17.6 Å². The number of hydrogen-bond donors (Lipinski definition) is 2.